The van der Waals surface area contributed by atoms with Gasteiger partial charge in [-0.3, -0.25) is 0 Å². The van der Waals surface area contributed by atoms with E-state index in [9.17, 15) is 0 Å². The van der Waals surface area contributed by atoms with E-state index in [1.807, 2.05) is 0 Å². The number of hydrogen-bond acceptors (Lipinski definition) is 4. The zero-order chi connectivity index (χ0) is 10.8. The molecule has 5 nitrogen and oxygen atoms in total. The Morgan fingerprint density at radius 2 is 2.40 bits per heavy atom. The largest absolute Gasteiger partial charge is 0.380 e. The van der Waals surface area contributed by atoms with Gasteiger partial charge in [-0.1, -0.05) is 0 Å². The van der Waals surface area contributed by atoms with Gasteiger partial charge in [-0.2, -0.15) is 0 Å². The van der Waals surface area contributed by atoms with Crippen LogP contribution < -0.4 is 5.32 Å². The first-order valence-corrected chi connectivity index (χ1v) is 5.38. The first-order chi connectivity index (χ1) is 7.22. The Kier molecular flexibility index (Phi) is 3.02. The summed E-state index contributed by atoms with van der Waals surface area (Å²) in [6, 6.07) is 0.679. The molecule has 2 atom stereocenters. The lowest BCUT2D eigenvalue weighted by atomic mass is 10.2. The lowest BCUT2D eigenvalue weighted by molar-refractivity contribution is 0.117. The van der Waals surface area contributed by atoms with Gasteiger partial charge < -0.3 is 14.6 Å². The molecule has 1 aromatic rings. The van der Waals surface area contributed by atoms with Crippen LogP contribution in [0.4, 0.5) is 0 Å². The van der Waals surface area contributed by atoms with E-state index in [0.29, 0.717) is 12.1 Å². The number of aromatic nitrogens is 3. The Labute approximate surface area is 89.8 Å². The van der Waals surface area contributed by atoms with Crippen molar-refractivity contribution in [2.75, 3.05) is 13.7 Å². The maximum absolute atomic E-state index is 5.32. The van der Waals surface area contributed by atoms with Crippen molar-refractivity contribution in [1.82, 2.24) is 20.1 Å². The molecular formula is C10H18N4O. The molecule has 84 valence electrons. The molecule has 1 saturated heterocycles. The smallest absolute Gasteiger partial charge is 0.150 e. The van der Waals surface area contributed by atoms with Gasteiger partial charge in [0.25, 0.3) is 0 Å². The van der Waals surface area contributed by atoms with Crippen molar-refractivity contribution in [2.45, 2.75) is 38.5 Å². The normalized spacial score (nSPS) is 26.4. The highest BCUT2D eigenvalue weighted by atomic mass is 16.5. The number of nitrogens with one attached hydrogen (secondary N) is 1. The molecule has 15 heavy (non-hydrogen) atoms. The van der Waals surface area contributed by atoms with Gasteiger partial charge in [0.1, 0.15) is 12.2 Å². The summed E-state index contributed by atoms with van der Waals surface area (Å²) < 4.78 is 7.43. The van der Waals surface area contributed by atoms with Crippen molar-refractivity contribution in [3.63, 3.8) is 0 Å². The molecule has 2 unspecified atom stereocenters. The van der Waals surface area contributed by atoms with Crippen LogP contribution in [0.5, 0.6) is 0 Å². The summed E-state index contributed by atoms with van der Waals surface area (Å²) >= 11 is 0. The molecule has 0 aromatic carbocycles. The van der Waals surface area contributed by atoms with E-state index in [-0.39, 0.29) is 6.04 Å². The summed E-state index contributed by atoms with van der Waals surface area (Å²) in [7, 11) is 1.75. The lowest BCUT2D eigenvalue weighted by Gasteiger charge is -2.14. The minimum atomic E-state index is 0.278. The van der Waals surface area contributed by atoms with E-state index in [2.05, 4.69) is 33.9 Å². The zero-order valence-corrected chi connectivity index (χ0v) is 9.47. The molecule has 1 aromatic heterocycles. The van der Waals surface area contributed by atoms with Gasteiger partial charge in [0, 0.05) is 19.7 Å². The minimum Gasteiger partial charge on any atom is -0.380 e. The number of hydrogen-bond donors (Lipinski definition) is 1. The minimum absolute atomic E-state index is 0.278. The van der Waals surface area contributed by atoms with E-state index >= 15 is 0 Å². The van der Waals surface area contributed by atoms with Crippen LogP contribution >= 0.6 is 0 Å². The summed E-state index contributed by atoms with van der Waals surface area (Å²) in [6.45, 7) is 5.16. The Morgan fingerprint density at radius 3 is 3.00 bits per heavy atom. The van der Waals surface area contributed by atoms with Crippen LogP contribution in [-0.2, 0) is 4.74 Å². The van der Waals surface area contributed by atoms with Crippen LogP contribution in [0.25, 0.3) is 0 Å². The van der Waals surface area contributed by atoms with Crippen LogP contribution in [0, 0.1) is 0 Å². The fourth-order valence-corrected chi connectivity index (χ4v) is 1.98. The van der Waals surface area contributed by atoms with E-state index in [4.69, 9.17) is 4.74 Å². The van der Waals surface area contributed by atoms with Crippen molar-refractivity contribution in [2.24, 2.45) is 0 Å². The highest BCUT2D eigenvalue weighted by Crippen LogP contribution is 2.24. The van der Waals surface area contributed by atoms with Gasteiger partial charge >= 0.3 is 0 Å². The molecule has 0 bridgehead atoms. The SMILES string of the molecule is COC1CNC(c2nncn2C(C)C)C1. The Hall–Kier alpha value is -0.940. The third kappa shape index (κ3) is 2.03. The zero-order valence-electron chi connectivity index (χ0n) is 9.47. The second-order valence-electron chi connectivity index (χ2n) is 4.24. The second-order valence-corrected chi connectivity index (χ2v) is 4.24. The predicted octanol–water partition coefficient (Wildman–Crippen LogP) is 0.908. The highest BCUT2D eigenvalue weighted by molar-refractivity contribution is 5.01. The van der Waals surface area contributed by atoms with Crippen LogP contribution in [-0.4, -0.2) is 34.5 Å². The Balaban J connectivity index is 2.13. The van der Waals surface area contributed by atoms with Gasteiger partial charge in [0.15, 0.2) is 0 Å². The molecule has 1 aliphatic rings. The van der Waals surface area contributed by atoms with Crippen LogP contribution in [0.2, 0.25) is 0 Å². The van der Waals surface area contributed by atoms with Gasteiger partial charge in [-0.05, 0) is 20.3 Å². The van der Waals surface area contributed by atoms with Crippen molar-refractivity contribution < 1.29 is 4.74 Å². The molecule has 1 aliphatic heterocycles. The standard InChI is InChI=1S/C10H18N4O/c1-7(2)14-6-12-13-10(14)9-4-8(15-3)5-11-9/h6-9,11H,4-5H2,1-3H3. The third-order valence-electron chi connectivity index (χ3n) is 2.89. The van der Waals surface area contributed by atoms with Crippen molar-refractivity contribution in [3.05, 3.63) is 12.2 Å². The number of nitrogens with zero attached hydrogens (tertiary/aromatic N) is 3. The molecular weight excluding hydrogens is 192 g/mol. The molecule has 0 amide bonds. The van der Waals surface area contributed by atoms with Gasteiger partial charge in [0.05, 0.1) is 12.1 Å². The number of ether oxygens (including phenoxy) is 1. The van der Waals surface area contributed by atoms with E-state index in [0.717, 1.165) is 18.8 Å². The number of methoxy groups -OCH3 is 1. The maximum Gasteiger partial charge on any atom is 0.150 e. The summed E-state index contributed by atoms with van der Waals surface area (Å²) in [5.41, 5.74) is 0. The van der Waals surface area contributed by atoms with Gasteiger partial charge in [-0.15, -0.1) is 10.2 Å². The molecule has 0 radical (unpaired) electrons. The summed E-state index contributed by atoms with van der Waals surface area (Å²) in [5.74, 6) is 1.02. The lowest BCUT2D eigenvalue weighted by Crippen LogP contribution is -2.19. The fraction of sp³-hybridized carbons (Fsp3) is 0.800. The molecule has 1 N–H and O–H groups in total. The molecule has 1 fully saturated rings. The second kappa shape index (κ2) is 4.28. The van der Waals surface area contributed by atoms with Crippen molar-refractivity contribution in [3.8, 4) is 0 Å². The quantitative estimate of drug-likeness (QED) is 0.805. The molecule has 2 heterocycles. The van der Waals surface area contributed by atoms with Gasteiger partial charge in [-0.25, -0.2) is 0 Å². The van der Waals surface area contributed by atoms with Crippen molar-refractivity contribution in [1.29, 1.82) is 0 Å². The molecule has 0 saturated carbocycles. The third-order valence-corrected chi connectivity index (χ3v) is 2.89. The van der Waals surface area contributed by atoms with Gasteiger partial charge in [0.2, 0.25) is 0 Å². The summed E-state index contributed by atoms with van der Waals surface area (Å²) in [5, 5.41) is 11.6. The average molecular weight is 210 g/mol. The Morgan fingerprint density at radius 1 is 1.60 bits per heavy atom. The maximum atomic E-state index is 5.32. The summed E-state index contributed by atoms with van der Waals surface area (Å²) in [4.78, 5) is 0. The van der Waals surface area contributed by atoms with Crippen LogP contribution in [0.3, 0.4) is 0 Å². The average Bonchev–Trinajstić information content (AvgIpc) is 2.85. The molecule has 5 heteroatoms. The van der Waals surface area contributed by atoms with Crippen LogP contribution in [0.15, 0.2) is 6.33 Å². The molecule has 0 aliphatic carbocycles. The van der Waals surface area contributed by atoms with Crippen molar-refractivity contribution >= 4 is 0 Å². The van der Waals surface area contributed by atoms with E-state index in [1.54, 1.807) is 13.4 Å². The predicted molar refractivity (Wildman–Crippen MR) is 56.6 cm³/mol. The fourth-order valence-electron chi connectivity index (χ4n) is 1.98. The molecule has 2 rings (SSSR count). The first kappa shape index (κ1) is 10.6. The number of rotatable bonds is 3. The molecule has 0 spiro atoms. The van der Waals surface area contributed by atoms with E-state index < -0.39 is 0 Å². The van der Waals surface area contributed by atoms with Crippen LogP contribution in [0.1, 0.15) is 38.2 Å². The van der Waals surface area contributed by atoms with E-state index in [1.165, 1.54) is 0 Å². The first-order valence-electron chi connectivity index (χ1n) is 5.38. The highest BCUT2D eigenvalue weighted by Gasteiger charge is 2.28. The Bertz CT molecular complexity index is 323. The monoisotopic (exact) mass is 210 g/mol. The topological polar surface area (TPSA) is 52.0 Å². The summed E-state index contributed by atoms with van der Waals surface area (Å²) in [6.07, 6.45) is 3.07.